The summed E-state index contributed by atoms with van der Waals surface area (Å²) in [5.74, 6) is 0.767. The standard InChI is InChI=1S/C24H26ClN3O3/c25-20-7-2-1-6-19(20)24(30)28-13-9-17(10-14-28)5-3-4-11-27-23(29)21-15-18-8-12-26-16-22(18)31-21/h1-2,6-8,12,15-17H,3-5,9-11,13-14H2,(H,27,29). The van der Waals surface area contributed by atoms with Crippen molar-refractivity contribution in [3.05, 3.63) is 65.1 Å². The first-order valence-corrected chi connectivity index (χ1v) is 11.1. The van der Waals surface area contributed by atoms with Crippen molar-refractivity contribution in [3.8, 4) is 0 Å². The first-order chi connectivity index (χ1) is 15.1. The van der Waals surface area contributed by atoms with Crippen LogP contribution in [-0.4, -0.2) is 41.3 Å². The lowest BCUT2D eigenvalue weighted by Gasteiger charge is -2.32. The van der Waals surface area contributed by atoms with Gasteiger partial charge in [-0.15, -0.1) is 0 Å². The van der Waals surface area contributed by atoms with Crippen LogP contribution in [0.3, 0.4) is 0 Å². The zero-order chi connectivity index (χ0) is 21.6. The molecule has 2 aromatic heterocycles. The van der Waals surface area contributed by atoms with Gasteiger partial charge in [0.15, 0.2) is 11.3 Å². The number of hydrogen-bond acceptors (Lipinski definition) is 4. The van der Waals surface area contributed by atoms with E-state index in [4.69, 9.17) is 16.0 Å². The summed E-state index contributed by atoms with van der Waals surface area (Å²) in [6, 6.07) is 10.8. The summed E-state index contributed by atoms with van der Waals surface area (Å²) in [4.78, 5) is 30.8. The average Bonchev–Trinajstić information content (AvgIpc) is 3.23. The number of aromatic nitrogens is 1. The molecule has 7 heteroatoms. The number of hydrogen-bond donors (Lipinski definition) is 1. The fourth-order valence-electron chi connectivity index (χ4n) is 4.07. The minimum absolute atomic E-state index is 0.0214. The van der Waals surface area contributed by atoms with E-state index in [9.17, 15) is 9.59 Å². The molecule has 1 aromatic carbocycles. The van der Waals surface area contributed by atoms with E-state index in [2.05, 4.69) is 10.3 Å². The van der Waals surface area contributed by atoms with Crippen molar-refractivity contribution >= 4 is 34.4 Å². The maximum Gasteiger partial charge on any atom is 0.287 e. The van der Waals surface area contributed by atoms with E-state index in [1.54, 1.807) is 30.6 Å². The zero-order valence-corrected chi connectivity index (χ0v) is 18.1. The van der Waals surface area contributed by atoms with Gasteiger partial charge in [0.2, 0.25) is 0 Å². The quantitative estimate of drug-likeness (QED) is 0.529. The second-order valence-corrected chi connectivity index (χ2v) is 8.40. The molecule has 0 spiro atoms. The number of rotatable bonds is 7. The van der Waals surface area contributed by atoms with Crippen molar-refractivity contribution < 1.29 is 14.0 Å². The van der Waals surface area contributed by atoms with Gasteiger partial charge >= 0.3 is 0 Å². The van der Waals surface area contributed by atoms with Crippen molar-refractivity contribution in [2.75, 3.05) is 19.6 Å². The number of furan rings is 1. The molecule has 2 amide bonds. The highest BCUT2D eigenvalue weighted by Crippen LogP contribution is 2.25. The number of amides is 2. The average molecular weight is 440 g/mol. The maximum atomic E-state index is 12.7. The summed E-state index contributed by atoms with van der Waals surface area (Å²) in [5.41, 5.74) is 1.20. The third kappa shape index (κ3) is 5.25. The number of unbranched alkanes of at least 4 members (excludes halogenated alkanes) is 1. The van der Waals surface area contributed by atoms with E-state index >= 15 is 0 Å². The molecule has 162 valence electrons. The van der Waals surface area contributed by atoms with E-state index in [0.717, 1.165) is 50.6 Å². The van der Waals surface area contributed by atoms with Crippen LogP contribution in [0.15, 0.2) is 53.2 Å². The Bertz CT molecular complexity index is 1020. The van der Waals surface area contributed by atoms with Gasteiger partial charge in [0, 0.05) is 31.2 Å². The predicted octanol–water partition coefficient (Wildman–Crippen LogP) is 4.93. The molecule has 1 saturated heterocycles. The molecular formula is C24H26ClN3O3. The number of nitrogens with zero attached hydrogens (tertiary/aromatic N) is 2. The third-order valence-electron chi connectivity index (χ3n) is 5.88. The highest BCUT2D eigenvalue weighted by atomic mass is 35.5. The van der Waals surface area contributed by atoms with Gasteiger partial charge in [0.1, 0.15) is 0 Å². The number of benzene rings is 1. The highest BCUT2D eigenvalue weighted by Gasteiger charge is 2.24. The number of carbonyl (C=O) groups excluding carboxylic acids is 2. The van der Waals surface area contributed by atoms with Crippen LogP contribution in [0.25, 0.3) is 11.0 Å². The lowest BCUT2D eigenvalue weighted by atomic mass is 9.91. The Kier molecular flexibility index (Phi) is 6.87. The predicted molar refractivity (Wildman–Crippen MR) is 120 cm³/mol. The van der Waals surface area contributed by atoms with Gasteiger partial charge in [0.25, 0.3) is 11.8 Å². The van der Waals surface area contributed by atoms with E-state index in [0.29, 0.717) is 34.4 Å². The number of carbonyl (C=O) groups is 2. The van der Waals surface area contributed by atoms with Crippen molar-refractivity contribution in [2.24, 2.45) is 5.92 Å². The SMILES string of the molecule is O=C(NCCCCC1CCN(C(=O)c2ccccc2Cl)CC1)c1cc2ccncc2o1. The van der Waals surface area contributed by atoms with Crippen LogP contribution in [0.1, 0.15) is 53.0 Å². The molecule has 0 saturated carbocycles. The topological polar surface area (TPSA) is 75.4 Å². The number of pyridine rings is 1. The minimum Gasteiger partial charge on any atom is -0.449 e. The first kappa shape index (κ1) is 21.4. The lowest BCUT2D eigenvalue weighted by Crippen LogP contribution is -2.38. The molecule has 31 heavy (non-hydrogen) atoms. The maximum absolute atomic E-state index is 12.7. The van der Waals surface area contributed by atoms with Crippen LogP contribution in [0.5, 0.6) is 0 Å². The van der Waals surface area contributed by atoms with E-state index in [1.165, 1.54) is 0 Å². The van der Waals surface area contributed by atoms with Gasteiger partial charge in [-0.1, -0.05) is 36.6 Å². The molecule has 0 unspecified atom stereocenters. The van der Waals surface area contributed by atoms with E-state index in [1.807, 2.05) is 23.1 Å². The number of likely N-dealkylation sites (tertiary alicyclic amines) is 1. The van der Waals surface area contributed by atoms with Crippen molar-refractivity contribution in [3.63, 3.8) is 0 Å². The van der Waals surface area contributed by atoms with Gasteiger partial charge in [-0.05, 0) is 49.4 Å². The first-order valence-electron chi connectivity index (χ1n) is 10.8. The molecule has 3 aromatic rings. The van der Waals surface area contributed by atoms with E-state index < -0.39 is 0 Å². The van der Waals surface area contributed by atoms with Crippen molar-refractivity contribution in [1.29, 1.82) is 0 Å². The lowest BCUT2D eigenvalue weighted by molar-refractivity contribution is 0.0686. The van der Waals surface area contributed by atoms with Gasteiger partial charge in [-0.25, -0.2) is 0 Å². The second kappa shape index (κ2) is 9.96. The van der Waals surface area contributed by atoms with Gasteiger partial charge < -0.3 is 14.6 Å². The molecule has 1 aliphatic heterocycles. The van der Waals surface area contributed by atoms with Crippen LogP contribution < -0.4 is 5.32 Å². The molecule has 0 radical (unpaired) electrons. The summed E-state index contributed by atoms with van der Waals surface area (Å²) in [5, 5.41) is 4.31. The normalized spacial score (nSPS) is 14.7. The molecule has 4 rings (SSSR count). The van der Waals surface area contributed by atoms with E-state index in [-0.39, 0.29) is 11.8 Å². The van der Waals surface area contributed by atoms with Crippen LogP contribution in [0.4, 0.5) is 0 Å². The number of nitrogens with one attached hydrogen (secondary N) is 1. The summed E-state index contributed by atoms with van der Waals surface area (Å²) in [6.07, 6.45) is 8.39. The Morgan fingerprint density at radius 3 is 2.74 bits per heavy atom. The Balaban J connectivity index is 1.14. The largest absolute Gasteiger partial charge is 0.449 e. The Labute approximate surface area is 186 Å². The number of piperidine rings is 1. The summed E-state index contributed by atoms with van der Waals surface area (Å²) >= 11 is 6.16. The second-order valence-electron chi connectivity index (χ2n) is 7.99. The fourth-order valence-corrected chi connectivity index (χ4v) is 4.29. The van der Waals surface area contributed by atoms with Crippen LogP contribution in [0, 0.1) is 5.92 Å². The summed E-state index contributed by atoms with van der Waals surface area (Å²) in [6.45, 7) is 2.16. The van der Waals surface area contributed by atoms with Crippen LogP contribution in [0.2, 0.25) is 5.02 Å². The Morgan fingerprint density at radius 1 is 1.16 bits per heavy atom. The molecule has 0 aliphatic carbocycles. The number of fused-ring (bicyclic) bond motifs is 1. The van der Waals surface area contributed by atoms with Crippen molar-refractivity contribution in [2.45, 2.75) is 32.1 Å². The minimum atomic E-state index is -0.192. The zero-order valence-electron chi connectivity index (χ0n) is 17.4. The number of halogens is 1. The molecule has 1 N–H and O–H groups in total. The molecule has 0 atom stereocenters. The van der Waals surface area contributed by atoms with Gasteiger partial charge in [-0.3, -0.25) is 14.6 Å². The highest BCUT2D eigenvalue weighted by molar-refractivity contribution is 6.33. The van der Waals surface area contributed by atoms with Crippen molar-refractivity contribution in [1.82, 2.24) is 15.2 Å². The Hall–Kier alpha value is -2.86. The van der Waals surface area contributed by atoms with Crippen LogP contribution in [-0.2, 0) is 0 Å². The molecule has 1 aliphatic rings. The molecule has 0 bridgehead atoms. The van der Waals surface area contributed by atoms with Crippen LogP contribution >= 0.6 is 11.6 Å². The summed E-state index contributed by atoms with van der Waals surface area (Å²) in [7, 11) is 0. The molecule has 3 heterocycles. The summed E-state index contributed by atoms with van der Waals surface area (Å²) < 4.78 is 5.54. The third-order valence-corrected chi connectivity index (χ3v) is 6.21. The monoisotopic (exact) mass is 439 g/mol. The molecular weight excluding hydrogens is 414 g/mol. The molecule has 1 fully saturated rings. The molecule has 6 nitrogen and oxygen atoms in total. The fraction of sp³-hybridized carbons (Fsp3) is 0.375. The Morgan fingerprint density at radius 2 is 1.97 bits per heavy atom. The smallest absolute Gasteiger partial charge is 0.287 e. The van der Waals surface area contributed by atoms with Gasteiger partial charge in [-0.2, -0.15) is 0 Å². The van der Waals surface area contributed by atoms with Gasteiger partial charge in [0.05, 0.1) is 16.8 Å².